The highest BCUT2D eigenvalue weighted by atomic mass is 16.5. The predicted molar refractivity (Wildman–Crippen MR) is 126 cm³/mol. The summed E-state index contributed by atoms with van der Waals surface area (Å²) in [5, 5.41) is 21.2. The maximum atomic E-state index is 12.5. The number of carbonyl (C=O) groups excluding carboxylic acids is 1. The Hall–Kier alpha value is -2.97. The minimum absolute atomic E-state index is 0.00667. The summed E-state index contributed by atoms with van der Waals surface area (Å²) in [6, 6.07) is 8.19. The van der Waals surface area contributed by atoms with Gasteiger partial charge in [-0.2, -0.15) is 9.61 Å². The number of anilines is 1. The zero-order chi connectivity index (χ0) is 23.0. The van der Waals surface area contributed by atoms with Crippen LogP contribution in [0.3, 0.4) is 0 Å². The number of benzene rings is 1. The third-order valence-corrected chi connectivity index (χ3v) is 6.83. The van der Waals surface area contributed by atoms with Crippen LogP contribution in [0.25, 0.3) is 16.8 Å². The van der Waals surface area contributed by atoms with Crippen molar-refractivity contribution in [3.05, 3.63) is 47.3 Å². The van der Waals surface area contributed by atoms with Crippen LogP contribution in [-0.2, 0) is 4.74 Å². The van der Waals surface area contributed by atoms with Crippen molar-refractivity contribution >= 4 is 17.4 Å². The van der Waals surface area contributed by atoms with E-state index in [-0.39, 0.29) is 17.9 Å². The van der Waals surface area contributed by atoms with Gasteiger partial charge in [-0.25, -0.2) is 4.98 Å². The SMILES string of the molecule is Cc1cc(NCC2(CO)CCOCC2)n2ncc(-c3ccc(C(=O)NC4CC4)c(C)c3)c2n1. The second-order valence-corrected chi connectivity index (χ2v) is 9.48. The molecule has 0 spiro atoms. The number of hydrogen-bond donors (Lipinski definition) is 3. The van der Waals surface area contributed by atoms with Crippen molar-refractivity contribution in [2.24, 2.45) is 5.41 Å². The van der Waals surface area contributed by atoms with Crippen LogP contribution < -0.4 is 10.6 Å². The van der Waals surface area contributed by atoms with Crippen molar-refractivity contribution in [2.45, 2.75) is 45.6 Å². The molecule has 8 heteroatoms. The molecule has 1 amide bonds. The van der Waals surface area contributed by atoms with E-state index in [2.05, 4.69) is 15.7 Å². The second-order valence-electron chi connectivity index (χ2n) is 9.48. The fraction of sp³-hybridized carbons (Fsp3) is 0.480. The molecular weight excluding hydrogens is 418 g/mol. The molecule has 1 saturated carbocycles. The zero-order valence-corrected chi connectivity index (χ0v) is 19.2. The number of aliphatic hydroxyl groups is 1. The van der Waals surface area contributed by atoms with Gasteiger partial charge in [-0.3, -0.25) is 4.79 Å². The summed E-state index contributed by atoms with van der Waals surface area (Å²) in [7, 11) is 0. The first kappa shape index (κ1) is 21.9. The molecule has 0 radical (unpaired) electrons. The maximum absolute atomic E-state index is 12.5. The van der Waals surface area contributed by atoms with Crippen LogP contribution in [0, 0.1) is 19.3 Å². The van der Waals surface area contributed by atoms with E-state index in [9.17, 15) is 9.90 Å². The van der Waals surface area contributed by atoms with Crippen molar-refractivity contribution in [1.82, 2.24) is 19.9 Å². The molecule has 0 atom stereocenters. The lowest BCUT2D eigenvalue weighted by atomic mass is 9.81. The topological polar surface area (TPSA) is 101 Å². The molecule has 1 aromatic carbocycles. The standard InChI is InChI=1S/C25H31N5O3/c1-16-11-18(3-6-20(16)24(32)29-19-4-5-19)21-13-27-30-22(12-17(2)28-23(21)30)26-14-25(15-31)7-9-33-10-8-25/h3,6,11-13,19,26,31H,4-5,7-10,14-15H2,1-2H3,(H,29,32). The van der Waals surface area contributed by atoms with Gasteiger partial charge in [0.15, 0.2) is 5.65 Å². The summed E-state index contributed by atoms with van der Waals surface area (Å²) in [5.41, 5.74) is 4.99. The molecule has 0 bridgehead atoms. The van der Waals surface area contributed by atoms with E-state index in [4.69, 9.17) is 9.72 Å². The number of hydrogen-bond acceptors (Lipinski definition) is 6. The summed E-state index contributed by atoms with van der Waals surface area (Å²) in [6.07, 6.45) is 5.61. The lowest BCUT2D eigenvalue weighted by Gasteiger charge is -2.35. The highest BCUT2D eigenvalue weighted by molar-refractivity contribution is 5.97. The zero-order valence-electron chi connectivity index (χ0n) is 19.2. The smallest absolute Gasteiger partial charge is 0.251 e. The first-order chi connectivity index (χ1) is 16.0. The average Bonchev–Trinajstić information content (AvgIpc) is 3.53. The molecule has 5 rings (SSSR count). The minimum Gasteiger partial charge on any atom is -0.396 e. The maximum Gasteiger partial charge on any atom is 0.251 e. The number of aryl methyl sites for hydroxylation is 2. The Bertz CT molecular complexity index is 1180. The molecule has 33 heavy (non-hydrogen) atoms. The van der Waals surface area contributed by atoms with Gasteiger partial charge in [0.05, 0.1) is 12.8 Å². The van der Waals surface area contributed by atoms with Crippen molar-refractivity contribution in [3.63, 3.8) is 0 Å². The molecule has 1 aliphatic carbocycles. The Kier molecular flexibility index (Phi) is 5.80. The number of aromatic nitrogens is 3. The van der Waals surface area contributed by atoms with Gasteiger partial charge in [0.25, 0.3) is 5.91 Å². The average molecular weight is 450 g/mol. The van der Waals surface area contributed by atoms with Crippen LogP contribution in [0.1, 0.15) is 47.3 Å². The van der Waals surface area contributed by atoms with Crippen LogP contribution in [0.5, 0.6) is 0 Å². The second kappa shape index (κ2) is 8.76. The quantitative estimate of drug-likeness (QED) is 0.512. The van der Waals surface area contributed by atoms with E-state index in [1.54, 1.807) is 0 Å². The van der Waals surface area contributed by atoms with Crippen molar-refractivity contribution < 1.29 is 14.6 Å². The van der Waals surface area contributed by atoms with Gasteiger partial charge < -0.3 is 20.5 Å². The number of nitrogens with one attached hydrogen (secondary N) is 2. The highest BCUT2D eigenvalue weighted by Gasteiger charge is 2.32. The molecule has 2 aromatic heterocycles. The van der Waals surface area contributed by atoms with E-state index < -0.39 is 0 Å². The molecule has 2 aliphatic rings. The molecule has 3 heterocycles. The summed E-state index contributed by atoms with van der Waals surface area (Å²) < 4.78 is 7.30. The van der Waals surface area contributed by atoms with Crippen LogP contribution in [0.15, 0.2) is 30.5 Å². The van der Waals surface area contributed by atoms with E-state index in [1.165, 1.54) is 0 Å². The van der Waals surface area contributed by atoms with Gasteiger partial charge in [-0.1, -0.05) is 12.1 Å². The molecule has 8 nitrogen and oxygen atoms in total. The molecule has 1 saturated heterocycles. The summed E-state index contributed by atoms with van der Waals surface area (Å²) in [6.45, 7) is 6.05. The number of fused-ring (bicyclic) bond motifs is 1. The Morgan fingerprint density at radius 3 is 2.73 bits per heavy atom. The fourth-order valence-electron chi connectivity index (χ4n) is 4.46. The number of carbonyl (C=O) groups is 1. The molecule has 2 fully saturated rings. The molecule has 0 unspecified atom stereocenters. The van der Waals surface area contributed by atoms with Crippen LogP contribution >= 0.6 is 0 Å². The molecule has 174 valence electrons. The van der Waals surface area contributed by atoms with Crippen molar-refractivity contribution in [1.29, 1.82) is 0 Å². The lowest BCUT2D eigenvalue weighted by Crippen LogP contribution is -2.39. The Morgan fingerprint density at radius 2 is 2.03 bits per heavy atom. The number of aliphatic hydroxyl groups excluding tert-OH is 1. The number of amides is 1. The van der Waals surface area contributed by atoms with E-state index in [0.29, 0.717) is 31.4 Å². The highest BCUT2D eigenvalue weighted by Crippen LogP contribution is 2.32. The van der Waals surface area contributed by atoms with Crippen LogP contribution in [0.2, 0.25) is 0 Å². The lowest BCUT2D eigenvalue weighted by molar-refractivity contribution is -0.00863. The van der Waals surface area contributed by atoms with Crippen molar-refractivity contribution in [3.8, 4) is 11.1 Å². The normalized spacial score (nSPS) is 17.8. The Balaban J connectivity index is 1.43. The number of nitrogens with zero attached hydrogens (tertiary/aromatic N) is 3. The fourth-order valence-corrected chi connectivity index (χ4v) is 4.46. The van der Waals surface area contributed by atoms with Gasteiger partial charge in [-0.15, -0.1) is 0 Å². The third-order valence-electron chi connectivity index (χ3n) is 6.83. The minimum atomic E-state index is -0.189. The number of ether oxygens (including phenoxy) is 1. The van der Waals surface area contributed by atoms with Gasteiger partial charge in [0.2, 0.25) is 0 Å². The number of rotatable bonds is 7. The summed E-state index contributed by atoms with van der Waals surface area (Å²) >= 11 is 0. The molecule has 3 aromatic rings. The van der Waals surface area contributed by atoms with Gasteiger partial charge in [0, 0.05) is 54.1 Å². The van der Waals surface area contributed by atoms with Crippen molar-refractivity contribution in [2.75, 3.05) is 31.7 Å². The summed E-state index contributed by atoms with van der Waals surface area (Å²) in [5.74, 6) is 0.841. The van der Waals surface area contributed by atoms with Gasteiger partial charge in [0.1, 0.15) is 5.82 Å². The first-order valence-corrected chi connectivity index (χ1v) is 11.7. The largest absolute Gasteiger partial charge is 0.396 e. The van der Waals surface area contributed by atoms with E-state index in [0.717, 1.165) is 59.5 Å². The van der Waals surface area contributed by atoms with E-state index in [1.807, 2.05) is 48.8 Å². The molecule has 1 aliphatic heterocycles. The molecule has 3 N–H and O–H groups in total. The Labute approximate surface area is 193 Å². The van der Waals surface area contributed by atoms with E-state index >= 15 is 0 Å². The first-order valence-electron chi connectivity index (χ1n) is 11.7. The monoisotopic (exact) mass is 449 g/mol. The third kappa shape index (κ3) is 4.45. The van der Waals surface area contributed by atoms with Gasteiger partial charge in [-0.05, 0) is 56.7 Å². The predicted octanol–water partition coefficient (Wildman–Crippen LogP) is 3.11. The van der Waals surface area contributed by atoms with Crippen LogP contribution in [0.4, 0.5) is 5.82 Å². The van der Waals surface area contributed by atoms with Crippen LogP contribution in [-0.4, -0.2) is 58.0 Å². The summed E-state index contributed by atoms with van der Waals surface area (Å²) in [4.78, 5) is 17.2. The van der Waals surface area contributed by atoms with Gasteiger partial charge >= 0.3 is 0 Å². The molecular formula is C25H31N5O3. The Morgan fingerprint density at radius 1 is 1.24 bits per heavy atom.